The van der Waals surface area contributed by atoms with Crippen LogP contribution in [-0.2, 0) is 4.79 Å². The third-order valence-corrected chi connectivity index (χ3v) is 6.74. The largest absolute Gasteiger partial charge is 0.492 e. The zero-order chi connectivity index (χ0) is 27.4. The number of anilines is 3. The lowest BCUT2D eigenvalue weighted by atomic mass is 10.2. The summed E-state index contributed by atoms with van der Waals surface area (Å²) < 4.78 is 11.8. The molecule has 204 valence electrons. The van der Waals surface area contributed by atoms with Gasteiger partial charge in [0.25, 0.3) is 0 Å². The molecule has 0 spiro atoms. The number of nitrogens with one attached hydrogen (secondary N) is 1. The number of para-hydroxylation sites is 2. The quantitative estimate of drug-likeness (QED) is 0.218. The van der Waals surface area contributed by atoms with Crippen molar-refractivity contribution in [3.63, 3.8) is 0 Å². The van der Waals surface area contributed by atoms with Gasteiger partial charge in [-0.2, -0.15) is 0 Å². The van der Waals surface area contributed by atoms with E-state index in [1.54, 1.807) is 12.4 Å². The van der Waals surface area contributed by atoms with Gasteiger partial charge >= 0.3 is 0 Å². The van der Waals surface area contributed by atoms with E-state index in [0.717, 1.165) is 67.8 Å². The Kier molecular flexibility index (Phi) is 9.31. The summed E-state index contributed by atoms with van der Waals surface area (Å²) >= 11 is 0. The van der Waals surface area contributed by atoms with Crippen LogP contribution in [-0.4, -0.2) is 50.6 Å². The summed E-state index contributed by atoms with van der Waals surface area (Å²) in [6.07, 6.45) is 4.19. The maximum absolute atomic E-state index is 11.7. The van der Waals surface area contributed by atoms with Gasteiger partial charge in [-0.3, -0.25) is 14.6 Å². The molecule has 0 bridgehead atoms. The van der Waals surface area contributed by atoms with Crippen molar-refractivity contribution in [3.8, 4) is 17.2 Å². The minimum atomic E-state index is 0.626. The van der Waals surface area contributed by atoms with Crippen molar-refractivity contribution in [2.45, 2.75) is 0 Å². The molecule has 4 aromatic rings. The Labute approximate surface area is 235 Å². The van der Waals surface area contributed by atoms with Crippen LogP contribution in [0.4, 0.5) is 17.1 Å². The molecule has 1 saturated heterocycles. The van der Waals surface area contributed by atoms with Crippen LogP contribution in [0.1, 0.15) is 0 Å². The first-order valence-corrected chi connectivity index (χ1v) is 13.5. The summed E-state index contributed by atoms with van der Waals surface area (Å²) in [6, 6.07) is 35.4. The van der Waals surface area contributed by atoms with Crippen molar-refractivity contribution in [2.24, 2.45) is 0 Å². The van der Waals surface area contributed by atoms with Crippen molar-refractivity contribution in [2.75, 3.05) is 54.4 Å². The van der Waals surface area contributed by atoms with Crippen LogP contribution in [0.3, 0.4) is 0 Å². The van der Waals surface area contributed by atoms with Crippen LogP contribution >= 0.6 is 0 Å². The minimum absolute atomic E-state index is 0.626. The summed E-state index contributed by atoms with van der Waals surface area (Å²) in [5.74, 6) is 2.33. The van der Waals surface area contributed by atoms with Crippen LogP contribution < -0.4 is 24.6 Å². The molecule has 0 unspecified atom stereocenters. The average Bonchev–Trinajstić information content (AvgIpc) is 3.02. The van der Waals surface area contributed by atoms with Crippen LogP contribution in [0.2, 0.25) is 0 Å². The van der Waals surface area contributed by atoms with E-state index in [0.29, 0.717) is 6.61 Å². The molecular formula is C33H34N4O3. The standard InChI is InChI=1S/C33H34N4O3/c38-27-37(20-19-34-28-11-15-33(16-12-28)40-32-9-5-2-6-10-32)30-13-17-31(18-14-30)39-26-25-35-21-23-36(24-22-35)29-7-3-1-4-8-29/h1-20,27,34H,21-26H2/b20-19-. The average molecular weight is 535 g/mol. The number of piperazine rings is 1. The summed E-state index contributed by atoms with van der Waals surface area (Å²) in [7, 11) is 0. The number of carbonyl (C=O) groups is 1. The van der Waals surface area contributed by atoms with Crippen LogP contribution in [0.5, 0.6) is 17.2 Å². The van der Waals surface area contributed by atoms with E-state index < -0.39 is 0 Å². The number of carbonyl (C=O) groups excluding carboxylic acids is 1. The maximum atomic E-state index is 11.7. The molecule has 7 heteroatoms. The third kappa shape index (κ3) is 7.65. The third-order valence-electron chi connectivity index (χ3n) is 6.74. The Bertz CT molecular complexity index is 1340. The van der Waals surface area contributed by atoms with Crippen molar-refractivity contribution < 1.29 is 14.3 Å². The van der Waals surface area contributed by atoms with Gasteiger partial charge in [0.15, 0.2) is 0 Å². The number of hydrogen-bond donors (Lipinski definition) is 1. The molecule has 1 heterocycles. The van der Waals surface area contributed by atoms with E-state index >= 15 is 0 Å². The van der Waals surface area contributed by atoms with Crippen molar-refractivity contribution >= 4 is 23.5 Å². The Hall–Kier alpha value is -4.75. The fourth-order valence-electron chi connectivity index (χ4n) is 4.52. The molecule has 1 N–H and O–H groups in total. The zero-order valence-corrected chi connectivity index (χ0v) is 22.4. The van der Waals surface area contributed by atoms with Gasteiger partial charge in [-0.25, -0.2) is 0 Å². The summed E-state index contributed by atoms with van der Waals surface area (Å²) in [5.41, 5.74) is 2.92. The number of nitrogens with zero attached hydrogens (tertiary/aromatic N) is 3. The van der Waals surface area contributed by atoms with E-state index in [-0.39, 0.29) is 0 Å². The minimum Gasteiger partial charge on any atom is -0.492 e. The molecule has 0 saturated carbocycles. The monoisotopic (exact) mass is 534 g/mol. The van der Waals surface area contributed by atoms with E-state index in [2.05, 4.69) is 45.4 Å². The molecule has 0 radical (unpaired) electrons. The second kappa shape index (κ2) is 13.9. The van der Waals surface area contributed by atoms with Gasteiger partial charge < -0.3 is 19.7 Å². The second-order valence-electron chi connectivity index (χ2n) is 9.42. The molecule has 7 nitrogen and oxygen atoms in total. The van der Waals surface area contributed by atoms with Crippen LogP contribution in [0.25, 0.3) is 0 Å². The van der Waals surface area contributed by atoms with Gasteiger partial charge in [-0.1, -0.05) is 36.4 Å². The highest BCUT2D eigenvalue weighted by Gasteiger charge is 2.16. The first kappa shape index (κ1) is 26.8. The lowest BCUT2D eigenvalue weighted by Gasteiger charge is -2.36. The van der Waals surface area contributed by atoms with Crippen molar-refractivity contribution in [1.82, 2.24) is 4.90 Å². The van der Waals surface area contributed by atoms with E-state index in [9.17, 15) is 4.79 Å². The van der Waals surface area contributed by atoms with Crippen LogP contribution in [0, 0.1) is 0 Å². The number of hydrogen-bond acceptors (Lipinski definition) is 6. The molecule has 4 aromatic carbocycles. The molecule has 1 fully saturated rings. The maximum Gasteiger partial charge on any atom is 0.218 e. The normalized spacial score (nSPS) is 13.7. The summed E-state index contributed by atoms with van der Waals surface area (Å²) in [4.78, 5) is 18.1. The Morgan fingerprint density at radius 3 is 2.02 bits per heavy atom. The number of benzene rings is 4. The topological polar surface area (TPSA) is 57.3 Å². The van der Waals surface area contributed by atoms with Gasteiger partial charge in [0, 0.05) is 62.2 Å². The Morgan fingerprint density at radius 2 is 1.35 bits per heavy atom. The van der Waals surface area contributed by atoms with E-state index in [4.69, 9.17) is 9.47 Å². The van der Waals surface area contributed by atoms with Gasteiger partial charge in [-0.05, 0) is 72.8 Å². The highest BCUT2D eigenvalue weighted by molar-refractivity contribution is 5.78. The lowest BCUT2D eigenvalue weighted by molar-refractivity contribution is -0.106. The molecule has 0 atom stereocenters. The molecule has 0 aromatic heterocycles. The number of amides is 1. The predicted molar refractivity (Wildman–Crippen MR) is 161 cm³/mol. The molecule has 0 aliphatic carbocycles. The predicted octanol–water partition coefficient (Wildman–Crippen LogP) is 6.23. The highest BCUT2D eigenvalue weighted by Crippen LogP contribution is 2.23. The molecule has 1 amide bonds. The van der Waals surface area contributed by atoms with Gasteiger partial charge in [-0.15, -0.1) is 0 Å². The molecule has 40 heavy (non-hydrogen) atoms. The second-order valence-corrected chi connectivity index (χ2v) is 9.42. The molecule has 1 aliphatic heterocycles. The smallest absolute Gasteiger partial charge is 0.218 e. The molecular weight excluding hydrogens is 500 g/mol. The van der Waals surface area contributed by atoms with Gasteiger partial charge in [0.2, 0.25) is 6.41 Å². The van der Waals surface area contributed by atoms with Crippen molar-refractivity contribution in [3.05, 3.63) is 122 Å². The van der Waals surface area contributed by atoms with E-state index in [1.807, 2.05) is 78.9 Å². The Balaban J connectivity index is 1.04. The highest BCUT2D eigenvalue weighted by atomic mass is 16.5. The first-order valence-electron chi connectivity index (χ1n) is 13.5. The fourth-order valence-corrected chi connectivity index (χ4v) is 4.52. The van der Waals surface area contributed by atoms with Crippen LogP contribution in [0.15, 0.2) is 122 Å². The number of ether oxygens (including phenoxy) is 2. The van der Waals surface area contributed by atoms with Gasteiger partial charge in [0.05, 0.1) is 0 Å². The van der Waals surface area contributed by atoms with Gasteiger partial charge in [0.1, 0.15) is 23.9 Å². The Morgan fingerprint density at radius 1 is 0.725 bits per heavy atom. The molecule has 1 aliphatic rings. The SMILES string of the molecule is O=CN(/C=C\Nc1ccc(Oc2ccccc2)cc1)c1ccc(OCCN2CCN(c3ccccc3)CC2)cc1. The summed E-state index contributed by atoms with van der Waals surface area (Å²) in [5, 5.41) is 3.18. The summed E-state index contributed by atoms with van der Waals surface area (Å²) in [6.45, 7) is 5.61. The van der Waals surface area contributed by atoms with E-state index in [1.165, 1.54) is 10.6 Å². The van der Waals surface area contributed by atoms with Crippen molar-refractivity contribution in [1.29, 1.82) is 0 Å². The first-order chi connectivity index (χ1) is 19.8. The fraction of sp³-hybridized carbons (Fsp3) is 0.182. The number of rotatable bonds is 12. The zero-order valence-electron chi connectivity index (χ0n) is 22.4. The lowest BCUT2D eigenvalue weighted by Crippen LogP contribution is -2.47. The molecule has 5 rings (SSSR count).